The van der Waals surface area contributed by atoms with Gasteiger partial charge in [0.05, 0.1) is 6.67 Å². The van der Waals surface area contributed by atoms with Crippen LogP contribution in [-0.4, -0.2) is 24.3 Å². The predicted molar refractivity (Wildman–Crippen MR) is 97.3 cm³/mol. The Hall–Kier alpha value is -1.22. The minimum Gasteiger partial charge on any atom is -0.370 e. The van der Waals surface area contributed by atoms with Gasteiger partial charge in [0, 0.05) is 17.9 Å². The van der Waals surface area contributed by atoms with Crippen molar-refractivity contribution in [3.8, 4) is 0 Å². The third-order valence-electron chi connectivity index (χ3n) is 4.24. The zero-order valence-corrected chi connectivity index (χ0v) is 14.7. The maximum atomic E-state index is 4.00. The van der Waals surface area contributed by atoms with Gasteiger partial charge in [0.15, 0.2) is 0 Å². The molecular formula is C19H35N3. The molecule has 3 heteroatoms. The monoisotopic (exact) mass is 305 g/mol. The zero-order chi connectivity index (χ0) is 16.2. The van der Waals surface area contributed by atoms with Gasteiger partial charge in [-0.3, -0.25) is 5.32 Å². The summed E-state index contributed by atoms with van der Waals surface area (Å²) in [6.45, 7) is 14.0. The Morgan fingerprint density at radius 2 is 1.82 bits per heavy atom. The zero-order valence-electron chi connectivity index (χ0n) is 14.7. The van der Waals surface area contributed by atoms with Crippen LogP contribution in [0.15, 0.2) is 36.7 Å². The van der Waals surface area contributed by atoms with Gasteiger partial charge in [-0.2, -0.15) is 0 Å². The average molecular weight is 306 g/mol. The predicted octanol–water partition coefficient (Wildman–Crippen LogP) is 4.51. The molecule has 0 saturated carbocycles. The van der Waals surface area contributed by atoms with Crippen molar-refractivity contribution in [2.45, 2.75) is 71.4 Å². The lowest BCUT2D eigenvalue weighted by atomic mass is 10.1. The normalized spacial score (nSPS) is 15.8. The third kappa shape index (κ3) is 5.88. The van der Waals surface area contributed by atoms with E-state index >= 15 is 0 Å². The first-order valence-electron chi connectivity index (χ1n) is 8.97. The molecule has 1 rings (SSSR count). The Balaban J connectivity index is 2.75. The highest BCUT2D eigenvalue weighted by Gasteiger charge is 2.25. The summed E-state index contributed by atoms with van der Waals surface area (Å²) in [4.78, 5) is 2.44. The van der Waals surface area contributed by atoms with Crippen molar-refractivity contribution in [3.05, 3.63) is 36.7 Å². The fraction of sp³-hybridized carbons (Fsp3) is 0.684. The maximum absolute atomic E-state index is 4.00. The van der Waals surface area contributed by atoms with Crippen LogP contribution < -0.4 is 10.6 Å². The molecule has 1 atom stereocenters. The number of nitrogens with zero attached hydrogens (tertiary/aromatic N) is 1. The van der Waals surface area contributed by atoms with Gasteiger partial charge in [0.25, 0.3) is 0 Å². The van der Waals surface area contributed by atoms with Crippen LogP contribution in [-0.2, 0) is 0 Å². The molecule has 1 aliphatic rings. The van der Waals surface area contributed by atoms with Crippen LogP contribution in [0.4, 0.5) is 0 Å². The topological polar surface area (TPSA) is 27.3 Å². The second-order valence-electron chi connectivity index (χ2n) is 6.02. The molecule has 1 aliphatic heterocycles. The van der Waals surface area contributed by atoms with Crippen LogP contribution in [0.2, 0.25) is 0 Å². The smallest absolute Gasteiger partial charge is 0.100 e. The molecule has 0 aromatic heterocycles. The van der Waals surface area contributed by atoms with Crippen molar-refractivity contribution in [2.24, 2.45) is 0 Å². The second-order valence-corrected chi connectivity index (χ2v) is 6.02. The molecule has 0 amide bonds. The third-order valence-corrected chi connectivity index (χ3v) is 4.24. The molecule has 2 N–H and O–H groups in total. The van der Waals surface area contributed by atoms with Crippen LogP contribution in [0.25, 0.3) is 0 Å². The Kier molecular flexibility index (Phi) is 9.72. The van der Waals surface area contributed by atoms with Crippen molar-refractivity contribution in [2.75, 3.05) is 13.2 Å². The first-order valence-corrected chi connectivity index (χ1v) is 8.97. The maximum Gasteiger partial charge on any atom is 0.100 e. The molecule has 0 aromatic carbocycles. The summed E-state index contributed by atoms with van der Waals surface area (Å²) in [6, 6.07) is 0. The second kappa shape index (κ2) is 11.4. The number of rotatable bonds is 13. The largest absolute Gasteiger partial charge is 0.370 e. The molecule has 1 unspecified atom stereocenters. The summed E-state index contributed by atoms with van der Waals surface area (Å²) in [5.41, 5.74) is 2.95. The number of hydrogen-bond donors (Lipinski definition) is 2. The van der Waals surface area contributed by atoms with Gasteiger partial charge in [-0.25, -0.2) is 0 Å². The minimum absolute atomic E-state index is 0.186. The van der Waals surface area contributed by atoms with E-state index in [9.17, 15) is 0 Å². The van der Waals surface area contributed by atoms with E-state index in [0.29, 0.717) is 0 Å². The Morgan fingerprint density at radius 3 is 2.41 bits per heavy atom. The number of hydrogen-bond acceptors (Lipinski definition) is 3. The van der Waals surface area contributed by atoms with Crippen molar-refractivity contribution < 1.29 is 0 Å². The number of unbranched alkanes of at least 4 members (excludes halogenated alkanes) is 4. The van der Waals surface area contributed by atoms with E-state index in [1.807, 2.05) is 12.2 Å². The number of allylic oxidation sites excluding steroid dienone is 2. The van der Waals surface area contributed by atoms with E-state index in [1.165, 1.54) is 62.8 Å². The lowest BCUT2D eigenvalue weighted by molar-refractivity contribution is 0.264. The molecule has 0 saturated heterocycles. The first kappa shape index (κ1) is 18.8. The summed E-state index contributed by atoms with van der Waals surface area (Å²) in [6.07, 6.45) is 14.2. The van der Waals surface area contributed by atoms with Gasteiger partial charge in [0.2, 0.25) is 0 Å². The lowest BCUT2D eigenvalue weighted by Gasteiger charge is -2.29. The van der Waals surface area contributed by atoms with Crippen LogP contribution >= 0.6 is 0 Å². The van der Waals surface area contributed by atoms with Crippen LogP contribution in [0.1, 0.15) is 65.2 Å². The first-order chi connectivity index (χ1) is 10.8. The highest BCUT2D eigenvalue weighted by atomic mass is 15.4. The molecular weight excluding hydrogens is 270 g/mol. The minimum atomic E-state index is 0.186. The van der Waals surface area contributed by atoms with Gasteiger partial charge in [-0.05, 0) is 25.7 Å². The Morgan fingerprint density at radius 1 is 1.14 bits per heavy atom. The van der Waals surface area contributed by atoms with Gasteiger partial charge in [0.1, 0.15) is 6.17 Å². The summed E-state index contributed by atoms with van der Waals surface area (Å²) >= 11 is 0. The highest BCUT2D eigenvalue weighted by molar-refractivity contribution is 5.19. The molecule has 0 aliphatic carbocycles. The summed E-state index contributed by atoms with van der Waals surface area (Å²) in [5.74, 6) is 0. The van der Waals surface area contributed by atoms with E-state index in [0.717, 1.165) is 13.2 Å². The molecule has 1 heterocycles. The fourth-order valence-corrected chi connectivity index (χ4v) is 2.96. The van der Waals surface area contributed by atoms with E-state index in [-0.39, 0.29) is 6.17 Å². The van der Waals surface area contributed by atoms with Crippen LogP contribution in [0, 0.1) is 0 Å². The summed E-state index contributed by atoms with van der Waals surface area (Å²) < 4.78 is 0. The molecule has 0 spiro atoms. The molecule has 22 heavy (non-hydrogen) atoms. The Labute approximate surface area is 137 Å². The number of nitrogens with one attached hydrogen (secondary N) is 2. The van der Waals surface area contributed by atoms with E-state index in [4.69, 9.17) is 0 Å². The van der Waals surface area contributed by atoms with Crippen LogP contribution in [0.5, 0.6) is 0 Å². The van der Waals surface area contributed by atoms with Gasteiger partial charge >= 0.3 is 0 Å². The van der Waals surface area contributed by atoms with E-state index in [1.54, 1.807) is 0 Å². The SMILES string of the molecule is C=CCNC(C=C)N1CNC(CCCCC)=C1CCCCC. The molecule has 0 aromatic rings. The molecule has 126 valence electrons. The van der Waals surface area contributed by atoms with Crippen molar-refractivity contribution in [1.29, 1.82) is 0 Å². The fourth-order valence-electron chi connectivity index (χ4n) is 2.96. The summed E-state index contributed by atoms with van der Waals surface area (Å²) in [7, 11) is 0. The Bertz CT molecular complexity index is 360. The lowest BCUT2D eigenvalue weighted by Crippen LogP contribution is -2.43. The van der Waals surface area contributed by atoms with Gasteiger partial charge < -0.3 is 10.2 Å². The van der Waals surface area contributed by atoms with Gasteiger partial charge in [-0.1, -0.05) is 58.3 Å². The molecule has 3 nitrogen and oxygen atoms in total. The molecule has 0 fully saturated rings. The molecule has 0 radical (unpaired) electrons. The van der Waals surface area contributed by atoms with Crippen molar-refractivity contribution in [3.63, 3.8) is 0 Å². The van der Waals surface area contributed by atoms with Crippen LogP contribution in [0.3, 0.4) is 0 Å². The molecule has 0 bridgehead atoms. The van der Waals surface area contributed by atoms with Crippen molar-refractivity contribution in [1.82, 2.24) is 15.5 Å². The summed E-state index contributed by atoms with van der Waals surface area (Å²) in [5, 5.41) is 7.11. The van der Waals surface area contributed by atoms with E-state index in [2.05, 4.69) is 42.5 Å². The van der Waals surface area contributed by atoms with Gasteiger partial charge in [-0.15, -0.1) is 6.58 Å². The van der Waals surface area contributed by atoms with Crippen molar-refractivity contribution >= 4 is 0 Å². The standard InChI is InChI=1S/C19H35N3/c1-5-9-11-13-17-18(14-12-10-6-2)22(16-21-17)19(8-4)20-15-7-3/h7-8,19-21H,3-6,9-16H2,1-2H3. The quantitative estimate of drug-likeness (QED) is 0.387. The average Bonchev–Trinajstić information content (AvgIpc) is 2.92. The van der Waals surface area contributed by atoms with E-state index < -0.39 is 0 Å². The highest BCUT2D eigenvalue weighted by Crippen LogP contribution is 2.26.